The maximum absolute atomic E-state index is 13.8. The van der Waals surface area contributed by atoms with E-state index < -0.39 is 5.82 Å². The molecule has 138 valence electrons. The molecule has 0 bridgehead atoms. The highest BCUT2D eigenvalue weighted by Crippen LogP contribution is 2.13. The van der Waals surface area contributed by atoms with E-state index in [2.05, 4.69) is 4.98 Å². The van der Waals surface area contributed by atoms with E-state index >= 15 is 0 Å². The lowest BCUT2D eigenvalue weighted by Crippen LogP contribution is -2.50. The lowest BCUT2D eigenvalue weighted by Gasteiger charge is -2.35. The van der Waals surface area contributed by atoms with Crippen LogP contribution in [0, 0.1) is 12.7 Å². The van der Waals surface area contributed by atoms with Gasteiger partial charge >= 0.3 is 0 Å². The van der Waals surface area contributed by atoms with Gasteiger partial charge in [0.25, 0.3) is 5.91 Å². The first-order chi connectivity index (χ1) is 12.6. The standard InChI is InChI=1S/C19H23FN4O2/c1-15-21-8-10-22(15)9-4-7-18(25)23-11-13-24(14-12-23)19(26)16-5-2-3-6-17(16)20/h2-3,5-6,8,10H,4,7,9,11-14H2,1H3. The SMILES string of the molecule is Cc1nccn1CCCC(=O)N1CCN(C(=O)c2ccccc2F)CC1. The monoisotopic (exact) mass is 358 g/mol. The van der Waals surface area contributed by atoms with Crippen molar-refractivity contribution < 1.29 is 14.0 Å². The molecule has 1 aromatic carbocycles. The third-order valence-corrected chi connectivity index (χ3v) is 4.74. The van der Waals surface area contributed by atoms with Gasteiger partial charge < -0.3 is 14.4 Å². The summed E-state index contributed by atoms with van der Waals surface area (Å²) in [5.41, 5.74) is 0.0861. The van der Waals surface area contributed by atoms with Crippen molar-refractivity contribution >= 4 is 11.8 Å². The fraction of sp³-hybridized carbons (Fsp3) is 0.421. The van der Waals surface area contributed by atoms with Crippen molar-refractivity contribution in [3.8, 4) is 0 Å². The molecule has 1 aromatic heterocycles. The zero-order chi connectivity index (χ0) is 18.5. The van der Waals surface area contributed by atoms with E-state index in [1.807, 2.05) is 17.7 Å². The van der Waals surface area contributed by atoms with E-state index in [0.29, 0.717) is 32.6 Å². The Bertz CT molecular complexity index is 781. The average Bonchev–Trinajstić information content (AvgIpc) is 3.06. The summed E-state index contributed by atoms with van der Waals surface area (Å²) in [7, 11) is 0. The number of carbonyl (C=O) groups is 2. The lowest BCUT2D eigenvalue weighted by atomic mass is 10.1. The number of hydrogen-bond donors (Lipinski definition) is 0. The predicted octanol–water partition coefficient (Wildman–Crippen LogP) is 2.10. The molecular formula is C19H23FN4O2. The van der Waals surface area contributed by atoms with Crippen LogP contribution in [0.25, 0.3) is 0 Å². The van der Waals surface area contributed by atoms with Gasteiger partial charge in [0.05, 0.1) is 5.56 Å². The molecule has 1 aliphatic heterocycles. The van der Waals surface area contributed by atoms with Crippen molar-refractivity contribution in [2.75, 3.05) is 26.2 Å². The Kier molecular flexibility index (Phi) is 5.65. The molecule has 0 atom stereocenters. The normalized spacial score (nSPS) is 14.5. The van der Waals surface area contributed by atoms with E-state index in [4.69, 9.17) is 0 Å². The van der Waals surface area contributed by atoms with E-state index in [-0.39, 0.29) is 17.4 Å². The number of aromatic nitrogens is 2. The summed E-state index contributed by atoms with van der Waals surface area (Å²) < 4.78 is 15.8. The molecule has 7 heteroatoms. The zero-order valence-electron chi connectivity index (χ0n) is 14.9. The van der Waals surface area contributed by atoms with Crippen molar-refractivity contribution in [1.82, 2.24) is 19.4 Å². The second kappa shape index (κ2) is 8.12. The van der Waals surface area contributed by atoms with E-state index in [1.54, 1.807) is 28.1 Å². The van der Waals surface area contributed by atoms with E-state index in [0.717, 1.165) is 18.8 Å². The summed E-state index contributed by atoms with van der Waals surface area (Å²) in [6, 6.07) is 5.99. The first-order valence-electron chi connectivity index (χ1n) is 8.85. The second-order valence-electron chi connectivity index (χ2n) is 6.42. The van der Waals surface area contributed by atoms with Gasteiger partial charge in [0.1, 0.15) is 11.6 Å². The van der Waals surface area contributed by atoms with Gasteiger partial charge in [0.15, 0.2) is 0 Å². The molecule has 0 N–H and O–H groups in total. The first kappa shape index (κ1) is 18.1. The predicted molar refractivity (Wildman–Crippen MR) is 95.1 cm³/mol. The van der Waals surface area contributed by atoms with Crippen molar-refractivity contribution in [2.24, 2.45) is 0 Å². The molecule has 0 aliphatic carbocycles. The Morgan fingerprint density at radius 3 is 2.46 bits per heavy atom. The van der Waals surface area contributed by atoms with Gasteiger partial charge in [0.2, 0.25) is 5.91 Å². The number of carbonyl (C=O) groups excluding carboxylic acids is 2. The molecule has 2 aromatic rings. The minimum atomic E-state index is -0.509. The molecule has 0 spiro atoms. The highest BCUT2D eigenvalue weighted by atomic mass is 19.1. The van der Waals surface area contributed by atoms with Crippen LogP contribution in [0.2, 0.25) is 0 Å². The van der Waals surface area contributed by atoms with Crippen molar-refractivity contribution in [1.29, 1.82) is 0 Å². The summed E-state index contributed by atoms with van der Waals surface area (Å²) in [6.45, 7) is 4.54. The smallest absolute Gasteiger partial charge is 0.256 e. The molecule has 3 rings (SSSR count). The number of aryl methyl sites for hydroxylation is 2. The Morgan fingerprint density at radius 1 is 1.12 bits per heavy atom. The third-order valence-electron chi connectivity index (χ3n) is 4.74. The maximum Gasteiger partial charge on any atom is 0.256 e. The number of halogens is 1. The highest BCUT2D eigenvalue weighted by Gasteiger charge is 2.25. The number of imidazole rings is 1. The average molecular weight is 358 g/mol. The topological polar surface area (TPSA) is 58.4 Å². The molecule has 1 fully saturated rings. The zero-order valence-corrected chi connectivity index (χ0v) is 14.9. The van der Waals surface area contributed by atoms with Crippen LogP contribution in [0.5, 0.6) is 0 Å². The summed E-state index contributed by atoms with van der Waals surface area (Å²) in [5.74, 6) is 0.218. The van der Waals surface area contributed by atoms with Gasteiger partial charge in [-0.15, -0.1) is 0 Å². The Hall–Kier alpha value is -2.70. The minimum absolute atomic E-state index is 0.0861. The lowest BCUT2D eigenvalue weighted by molar-refractivity contribution is -0.132. The van der Waals surface area contributed by atoms with Crippen LogP contribution in [0.1, 0.15) is 29.0 Å². The molecule has 0 unspecified atom stereocenters. The third kappa shape index (κ3) is 4.09. The van der Waals surface area contributed by atoms with Crippen molar-refractivity contribution in [3.05, 3.63) is 53.9 Å². The summed E-state index contributed by atoms with van der Waals surface area (Å²) in [4.78, 5) is 32.3. The van der Waals surface area contributed by atoms with Crippen molar-refractivity contribution in [2.45, 2.75) is 26.3 Å². The molecular weight excluding hydrogens is 335 g/mol. The van der Waals surface area contributed by atoms with Crippen LogP contribution in [0.15, 0.2) is 36.7 Å². The van der Waals surface area contributed by atoms with Crippen LogP contribution in [0.4, 0.5) is 4.39 Å². The number of benzene rings is 1. The summed E-state index contributed by atoms with van der Waals surface area (Å²) in [5, 5.41) is 0. The minimum Gasteiger partial charge on any atom is -0.339 e. The first-order valence-corrected chi connectivity index (χ1v) is 8.85. The molecule has 1 saturated heterocycles. The number of hydrogen-bond acceptors (Lipinski definition) is 3. The Balaban J connectivity index is 1.46. The fourth-order valence-electron chi connectivity index (χ4n) is 3.16. The largest absolute Gasteiger partial charge is 0.339 e. The van der Waals surface area contributed by atoms with Gasteiger partial charge in [-0.25, -0.2) is 9.37 Å². The van der Waals surface area contributed by atoms with E-state index in [1.165, 1.54) is 12.1 Å². The molecule has 0 saturated carbocycles. The summed E-state index contributed by atoms with van der Waals surface area (Å²) >= 11 is 0. The van der Waals surface area contributed by atoms with Gasteiger partial charge in [-0.2, -0.15) is 0 Å². The molecule has 1 aliphatic rings. The van der Waals surface area contributed by atoms with Crippen LogP contribution < -0.4 is 0 Å². The quantitative estimate of drug-likeness (QED) is 0.822. The fourth-order valence-corrected chi connectivity index (χ4v) is 3.16. The molecule has 2 heterocycles. The number of piperazine rings is 1. The number of amides is 2. The summed E-state index contributed by atoms with van der Waals surface area (Å²) in [6.07, 6.45) is 4.89. The van der Waals surface area contributed by atoms with Crippen LogP contribution >= 0.6 is 0 Å². The van der Waals surface area contributed by atoms with Gasteiger partial charge in [-0.1, -0.05) is 12.1 Å². The second-order valence-corrected chi connectivity index (χ2v) is 6.42. The van der Waals surface area contributed by atoms with Crippen LogP contribution in [-0.2, 0) is 11.3 Å². The van der Waals surface area contributed by atoms with Gasteiger partial charge in [0, 0.05) is 51.5 Å². The van der Waals surface area contributed by atoms with Gasteiger partial charge in [-0.05, 0) is 25.5 Å². The van der Waals surface area contributed by atoms with Crippen LogP contribution in [0.3, 0.4) is 0 Å². The highest BCUT2D eigenvalue weighted by molar-refractivity contribution is 5.94. The molecule has 26 heavy (non-hydrogen) atoms. The number of nitrogens with zero attached hydrogens (tertiary/aromatic N) is 4. The Labute approximate surface area is 152 Å². The Morgan fingerprint density at radius 2 is 1.81 bits per heavy atom. The number of rotatable bonds is 5. The molecule has 2 amide bonds. The van der Waals surface area contributed by atoms with Crippen LogP contribution in [-0.4, -0.2) is 57.3 Å². The van der Waals surface area contributed by atoms with E-state index in [9.17, 15) is 14.0 Å². The van der Waals surface area contributed by atoms with Crippen molar-refractivity contribution in [3.63, 3.8) is 0 Å². The van der Waals surface area contributed by atoms with Gasteiger partial charge in [-0.3, -0.25) is 9.59 Å². The molecule has 0 radical (unpaired) electrons. The maximum atomic E-state index is 13.8. The molecule has 6 nitrogen and oxygen atoms in total.